The van der Waals surface area contributed by atoms with Gasteiger partial charge < -0.3 is 4.98 Å². The maximum atomic E-state index is 4.55. The van der Waals surface area contributed by atoms with E-state index in [1.165, 1.54) is 10.9 Å². The standard InChI is InChI=1S/C10H8N2S/c1-7-4-8(12-6-13)5-10-9(7)2-3-11-10/h2-5,11H,1H3. The zero-order chi connectivity index (χ0) is 9.26. The molecule has 2 aromatic rings. The van der Waals surface area contributed by atoms with Gasteiger partial charge in [0.25, 0.3) is 0 Å². The highest BCUT2D eigenvalue weighted by molar-refractivity contribution is 7.78. The summed E-state index contributed by atoms with van der Waals surface area (Å²) in [5, 5.41) is 3.59. The summed E-state index contributed by atoms with van der Waals surface area (Å²) in [5.74, 6) is 0. The van der Waals surface area contributed by atoms with Gasteiger partial charge >= 0.3 is 0 Å². The number of aliphatic imine (C=N–C) groups is 1. The van der Waals surface area contributed by atoms with Crippen molar-refractivity contribution in [1.29, 1.82) is 0 Å². The molecule has 0 spiro atoms. The molecule has 0 saturated heterocycles. The fraction of sp³-hybridized carbons (Fsp3) is 0.100. The van der Waals surface area contributed by atoms with Crippen LogP contribution in [0.2, 0.25) is 0 Å². The van der Waals surface area contributed by atoms with Crippen LogP contribution in [-0.2, 0) is 0 Å². The summed E-state index contributed by atoms with van der Waals surface area (Å²) in [6.45, 7) is 2.05. The average molecular weight is 188 g/mol. The minimum atomic E-state index is 0.849. The number of aromatic nitrogens is 1. The lowest BCUT2D eigenvalue weighted by Crippen LogP contribution is -1.74. The molecule has 0 aliphatic heterocycles. The molecular weight excluding hydrogens is 180 g/mol. The molecule has 0 bridgehead atoms. The minimum absolute atomic E-state index is 0.849. The first-order valence-corrected chi connectivity index (χ1v) is 4.37. The number of nitrogens with one attached hydrogen (secondary N) is 1. The van der Waals surface area contributed by atoms with Gasteiger partial charge in [-0.1, -0.05) is 0 Å². The Morgan fingerprint density at radius 3 is 3.08 bits per heavy atom. The summed E-state index contributed by atoms with van der Waals surface area (Å²) in [5.41, 5.74) is 3.13. The van der Waals surface area contributed by atoms with Crippen molar-refractivity contribution < 1.29 is 0 Å². The SMILES string of the molecule is Cc1cc(N=C=S)cc2[nH]ccc12. The molecule has 2 nitrogen and oxygen atoms in total. The van der Waals surface area contributed by atoms with Crippen molar-refractivity contribution in [2.45, 2.75) is 6.92 Å². The lowest BCUT2D eigenvalue weighted by atomic mass is 10.1. The van der Waals surface area contributed by atoms with Gasteiger partial charge in [-0.05, 0) is 42.9 Å². The van der Waals surface area contributed by atoms with Gasteiger partial charge in [-0.25, -0.2) is 0 Å². The number of hydrogen-bond acceptors (Lipinski definition) is 2. The lowest BCUT2D eigenvalue weighted by Gasteiger charge is -1.97. The molecule has 2 rings (SSSR count). The van der Waals surface area contributed by atoms with Crippen molar-refractivity contribution in [3.63, 3.8) is 0 Å². The van der Waals surface area contributed by atoms with Gasteiger partial charge in [0, 0.05) is 17.1 Å². The number of hydrogen-bond donors (Lipinski definition) is 1. The summed E-state index contributed by atoms with van der Waals surface area (Å²) in [4.78, 5) is 7.08. The number of nitrogens with zero attached hydrogens (tertiary/aromatic N) is 1. The van der Waals surface area contributed by atoms with Crippen LogP contribution in [0.15, 0.2) is 29.4 Å². The van der Waals surface area contributed by atoms with Crippen molar-refractivity contribution in [2.75, 3.05) is 0 Å². The van der Waals surface area contributed by atoms with Crippen molar-refractivity contribution >= 4 is 34.0 Å². The second-order valence-corrected chi connectivity index (χ2v) is 3.09. The van der Waals surface area contributed by atoms with Crippen molar-refractivity contribution in [3.8, 4) is 0 Å². The Hall–Kier alpha value is -1.44. The topological polar surface area (TPSA) is 28.1 Å². The number of isothiocyanates is 1. The van der Waals surface area contributed by atoms with E-state index in [9.17, 15) is 0 Å². The van der Waals surface area contributed by atoms with Gasteiger partial charge in [0.1, 0.15) is 0 Å². The molecule has 0 fully saturated rings. The van der Waals surface area contributed by atoms with Crippen LogP contribution in [0, 0.1) is 6.92 Å². The molecule has 3 heteroatoms. The van der Waals surface area contributed by atoms with Gasteiger partial charge in [0.05, 0.1) is 10.8 Å². The lowest BCUT2D eigenvalue weighted by molar-refractivity contribution is 1.45. The van der Waals surface area contributed by atoms with Gasteiger partial charge in [0.2, 0.25) is 0 Å². The van der Waals surface area contributed by atoms with Gasteiger partial charge in [-0.2, -0.15) is 4.99 Å². The Bertz CT molecular complexity index is 493. The van der Waals surface area contributed by atoms with Gasteiger partial charge in [0.15, 0.2) is 0 Å². The van der Waals surface area contributed by atoms with Crippen LogP contribution in [0.4, 0.5) is 5.69 Å². The van der Waals surface area contributed by atoms with E-state index in [1.807, 2.05) is 18.3 Å². The molecule has 1 N–H and O–H groups in total. The molecule has 0 aliphatic carbocycles. The molecular formula is C10H8N2S. The Labute approximate surface area is 81.3 Å². The Balaban J connectivity index is 2.76. The summed E-state index contributed by atoms with van der Waals surface area (Å²) in [6, 6.07) is 6.01. The monoisotopic (exact) mass is 188 g/mol. The molecule has 64 valence electrons. The number of benzene rings is 1. The highest BCUT2D eigenvalue weighted by Crippen LogP contribution is 2.23. The highest BCUT2D eigenvalue weighted by atomic mass is 32.1. The molecule has 0 saturated carbocycles. The molecule has 1 heterocycles. The molecule has 13 heavy (non-hydrogen) atoms. The van der Waals surface area contributed by atoms with E-state index < -0.39 is 0 Å². The average Bonchev–Trinajstić information content (AvgIpc) is 2.53. The van der Waals surface area contributed by atoms with E-state index in [2.05, 4.69) is 40.3 Å². The van der Waals surface area contributed by atoms with E-state index in [-0.39, 0.29) is 0 Å². The predicted octanol–water partition coefficient (Wildman–Crippen LogP) is 3.21. The van der Waals surface area contributed by atoms with Crippen molar-refractivity contribution in [1.82, 2.24) is 4.98 Å². The Kier molecular flexibility index (Phi) is 1.97. The smallest absolute Gasteiger partial charge is 0.0763 e. The van der Waals surface area contributed by atoms with Crippen LogP contribution in [0.1, 0.15) is 5.56 Å². The third-order valence-corrected chi connectivity index (χ3v) is 2.13. The van der Waals surface area contributed by atoms with Crippen LogP contribution in [-0.4, -0.2) is 10.1 Å². The van der Waals surface area contributed by atoms with E-state index in [4.69, 9.17) is 0 Å². The molecule has 0 amide bonds. The number of fused-ring (bicyclic) bond motifs is 1. The van der Waals surface area contributed by atoms with E-state index >= 15 is 0 Å². The maximum Gasteiger partial charge on any atom is 0.0763 e. The number of aryl methyl sites for hydroxylation is 1. The van der Waals surface area contributed by atoms with Crippen LogP contribution in [0.25, 0.3) is 10.9 Å². The van der Waals surface area contributed by atoms with Crippen molar-refractivity contribution in [3.05, 3.63) is 30.0 Å². The van der Waals surface area contributed by atoms with E-state index in [1.54, 1.807) is 0 Å². The molecule has 1 aromatic carbocycles. The Morgan fingerprint density at radius 1 is 1.46 bits per heavy atom. The maximum absolute atomic E-state index is 4.55. The first-order chi connectivity index (χ1) is 6.31. The minimum Gasteiger partial charge on any atom is -0.361 e. The first kappa shape index (κ1) is 8.17. The van der Waals surface area contributed by atoms with Crippen LogP contribution < -0.4 is 0 Å². The van der Waals surface area contributed by atoms with Gasteiger partial charge in [-0.3, -0.25) is 0 Å². The van der Waals surface area contributed by atoms with Crippen LogP contribution in [0.5, 0.6) is 0 Å². The van der Waals surface area contributed by atoms with Gasteiger partial charge in [-0.15, -0.1) is 0 Å². The second-order valence-electron chi connectivity index (χ2n) is 2.90. The van der Waals surface area contributed by atoms with E-state index in [0.29, 0.717) is 0 Å². The molecule has 0 atom stereocenters. The summed E-state index contributed by atoms with van der Waals surface area (Å²) >= 11 is 4.55. The zero-order valence-electron chi connectivity index (χ0n) is 7.16. The molecule has 1 aromatic heterocycles. The Morgan fingerprint density at radius 2 is 2.31 bits per heavy atom. The fourth-order valence-corrected chi connectivity index (χ4v) is 1.56. The summed E-state index contributed by atoms with van der Waals surface area (Å²) in [6.07, 6.45) is 1.92. The largest absolute Gasteiger partial charge is 0.361 e. The van der Waals surface area contributed by atoms with Crippen LogP contribution in [0.3, 0.4) is 0 Å². The summed E-state index contributed by atoms with van der Waals surface area (Å²) in [7, 11) is 0. The number of aromatic amines is 1. The third-order valence-electron chi connectivity index (χ3n) is 2.04. The summed E-state index contributed by atoms with van der Waals surface area (Å²) < 4.78 is 0. The quantitative estimate of drug-likeness (QED) is 0.540. The zero-order valence-corrected chi connectivity index (χ0v) is 7.98. The third kappa shape index (κ3) is 1.39. The number of thiocarbonyl (C=S) groups is 1. The number of rotatable bonds is 1. The van der Waals surface area contributed by atoms with E-state index in [0.717, 1.165) is 11.2 Å². The second kappa shape index (κ2) is 3.13. The number of H-pyrrole nitrogens is 1. The normalized spacial score (nSPS) is 9.92. The highest BCUT2D eigenvalue weighted by Gasteiger charge is 1.99. The van der Waals surface area contributed by atoms with Crippen molar-refractivity contribution in [2.24, 2.45) is 4.99 Å². The predicted molar refractivity (Wildman–Crippen MR) is 57.7 cm³/mol. The molecule has 0 radical (unpaired) electrons. The molecule has 0 aliphatic rings. The molecule has 0 unspecified atom stereocenters. The van der Waals surface area contributed by atoms with Crippen LogP contribution >= 0.6 is 12.2 Å². The fourth-order valence-electron chi connectivity index (χ4n) is 1.45. The first-order valence-electron chi connectivity index (χ1n) is 3.97.